The molecule has 0 unspecified atom stereocenters. The van der Waals surface area contributed by atoms with Crippen LogP contribution in [0.2, 0.25) is 0 Å². The van der Waals surface area contributed by atoms with Crippen molar-refractivity contribution in [3.63, 3.8) is 0 Å². The number of methoxy groups -OCH3 is 1. The summed E-state index contributed by atoms with van der Waals surface area (Å²) in [7, 11) is 1.46. The van der Waals surface area contributed by atoms with Crippen molar-refractivity contribution in [1.29, 1.82) is 0 Å². The van der Waals surface area contributed by atoms with Gasteiger partial charge in [0.2, 0.25) is 0 Å². The number of hydrogen-bond donors (Lipinski definition) is 1. The van der Waals surface area contributed by atoms with Gasteiger partial charge in [-0.2, -0.15) is 9.97 Å². The lowest BCUT2D eigenvalue weighted by Gasteiger charge is -2.40. The molecule has 7 rings (SSSR count). The van der Waals surface area contributed by atoms with E-state index in [1.807, 2.05) is 5.01 Å². The highest BCUT2D eigenvalue weighted by molar-refractivity contribution is 6.03. The maximum absolute atomic E-state index is 16.9. The first-order valence-electron chi connectivity index (χ1n) is 16.0. The van der Waals surface area contributed by atoms with Gasteiger partial charge >= 0.3 is 6.01 Å². The molecule has 50 heavy (non-hydrogen) atoms. The number of rotatable bonds is 9. The molecule has 2 aromatic heterocycles. The summed E-state index contributed by atoms with van der Waals surface area (Å²) in [6.07, 6.45) is 10.00. The predicted octanol–water partition coefficient (Wildman–Crippen LogP) is 6.51. The zero-order valence-corrected chi connectivity index (χ0v) is 26.9. The molecule has 4 heterocycles. The number of nitrogens with one attached hydrogen (secondary N) is 1. The third kappa shape index (κ3) is 6.30. The molecule has 0 bridgehead atoms. The van der Waals surface area contributed by atoms with Gasteiger partial charge in [-0.3, -0.25) is 9.99 Å². The van der Waals surface area contributed by atoms with E-state index >= 15 is 4.39 Å². The van der Waals surface area contributed by atoms with E-state index in [9.17, 15) is 17.6 Å². The summed E-state index contributed by atoms with van der Waals surface area (Å²) in [5.41, 5.74) is 3.46. The fourth-order valence-corrected chi connectivity index (χ4v) is 6.28. The van der Waals surface area contributed by atoms with Gasteiger partial charge in [-0.05, 0) is 36.4 Å². The summed E-state index contributed by atoms with van der Waals surface area (Å²) >= 11 is 0. The van der Waals surface area contributed by atoms with Gasteiger partial charge in [0.15, 0.2) is 35.9 Å². The molecule has 3 aromatic carbocycles. The number of hydrazine groups is 1. The Bertz CT molecular complexity index is 2110. The van der Waals surface area contributed by atoms with E-state index in [0.29, 0.717) is 48.5 Å². The van der Waals surface area contributed by atoms with E-state index in [4.69, 9.17) is 20.6 Å². The molecule has 2 fully saturated rings. The van der Waals surface area contributed by atoms with Crippen molar-refractivity contribution in [2.75, 3.05) is 56.6 Å². The van der Waals surface area contributed by atoms with Gasteiger partial charge in [-0.15, -0.1) is 6.42 Å². The van der Waals surface area contributed by atoms with Crippen molar-refractivity contribution in [2.45, 2.75) is 19.3 Å². The predicted molar refractivity (Wildman–Crippen MR) is 177 cm³/mol. The highest BCUT2D eigenvalue weighted by Crippen LogP contribution is 2.39. The molecule has 0 amide bonds. The number of fused-ring (bicyclic) bond motifs is 2. The largest absolute Gasteiger partial charge is 0.468 e. The molecule has 2 aliphatic heterocycles. The number of pyridine rings is 1. The van der Waals surface area contributed by atoms with E-state index in [1.165, 1.54) is 31.5 Å². The second-order valence-electron chi connectivity index (χ2n) is 12.1. The Morgan fingerprint density at radius 2 is 1.74 bits per heavy atom. The molecule has 9 nitrogen and oxygen atoms in total. The van der Waals surface area contributed by atoms with E-state index < -0.39 is 29.1 Å². The number of benzene rings is 3. The molecular weight excluding hydrogens is 659 g/mol. The van der Waals surface area contributed by atoms with Gasteiger partial charge < -0.3 is 19.1 Å². The van der Waals surface area contributed by atoms with E-state index in [0.717, 1.165) is 31.4 Å². The van der Waals surface area contributed by atoms with Crippen LogP contribution in [0.25, 0.3) is 32.9 Å². The van der Waals surface area contributed by atoms with Crippen molar-refractivity contribution < 1.29 is 36.2 Å². The SMILES string of the molecule is C#Cc1c(F)ccc2cc(OCOC)cc(-c3ncc4c(N5CCCCCN5)nc(OCC5CN(c6cc(F)c(F)c(F)c6)C5)nc4c3F)c12. The first kappa shape index (κ1) is 33.2. The van der Waals surface area contributed by atoms with Crippen molar-refractivity contribution in [3.8, 4) is 35.4 Å². The van der Waals surface area contributed by atoms with E-state index in [-0.39, 0.29) is 58.7 Å². The summed E-state index contributed by atoms with van der Waals surface area (Å²) in [5, 5.41) is 2.93. The maximum atomic E-state index is 16.9. The molecule has 5 aromatic rings. The van der Waals surface area contributed by atoms with Gasteiger partial charge in [0.05, 0.1) is 17.6 Å². The van der Waals surface area contributed by atoms with Crippen LogP contribution in [0.4, 0.5) is 33.5 Å². The average molecular weight is 691 g/mol. The van der Waals surface area contributed by atoms with Crippen LogP contribution >= 0.6 is 0 Å². The summed E-state index contributed by atoms with van der Waals surface area (Å²) in [4.78, 5) is 15.3. The zero-order valence-electron chi connectivity index (χ0n) is 26.9. The normalized spacial score (nSPS) is 15.2. The van der Waals surface area contributed by atoms with Crippen LogP contribution < -0.4 is 24.8 Å². The summed E-state index contributed by atoms with van der Waals surface area (Å²) < 4.78 is 89.6. The van der Waals surface area contributed by atoms with Crippen LogP contribution in [-0.4, -0.2) is 61.6 Å². The molecule has 0 aliphatic carbocycles. The summed E-state index contributed by atoms with van der Waals surface area (Å²) in [6.45, 7) is 2.06. The number of aromatic nitrogens is 3. The molecule has 0 spiro atoms. The lowest BCUT2D eigenvalue weighted by atomic mass is 9.95. The van der Waals surface area contributed by atoms with Crippen LogP contribution in [0.15, 0.2) is 42.6 Å². The van der Waals surface area contributed by atoms with Crippen molar-refractivity contribution in [3.05, 3.63) is 77.2 Å². The molecule has 0 saturated carbocycles. The van der Waals surface area contributed by atoms with E-state index in [1.54, 1.807) is 11.0 Å². The minimum Gasteiger partial charge on any atom is -0.468 e. The van der Waals surface area contributed by atoms with Gasteiger partial charge in [-0.1, -0.05) is 18.4 Å². The van der Waals surface area contributed by atoms with Crippen molar-refractivity contribution in [1.82, 2.24) is 20.4 Å². The fourth-order valence-electron chi connectivity index (χ4n) is 6.28. The standard InChI is InChI=1S/C36H31F5N6O3/c1-3-24-27(37)8-7-21-11-23(50-19-48-2)14-25(30(21)24)33-32(41)34-26(15-42-33)35(47-10-6-4-5-9-43-47)45-36(44-34)49-18-20-16-46(17-20)22-12-28(38)31(40)29(39)13-22/h1,7-8,11-15,20,43H,4-6,9-10,16-19H2,2H3. The van der Waals surface area contributed by atoms with Crippen molar-refractivity contribution in [2.24, 2.45) is 5.92 Å². The molecule has 258 valence electrons. The Kier molecular flexibility index (Phi) is 9.26. The van der Waals surface area contributed by atoms with Gasteiger partial charge in [0.1, 0.15) is 22.8 Å². The molecule has 2 saturated heterocycles. The lowest BCUT2D eigenvalue weighted by molar-refractivity contribution is 0.0512. The Morgan fingerprint density at radius 1 is 0.940 bits per heavy atom. The highest BCUT2D eigenvalue weighted by Gasteiger charge is 2.30. The van der Waals surface area contributed by atoms with Gasteiger partial charge in [-0.25, -0.2) is 27.4 Å². The van der Waals surface area contributed by atoms with Crippen LogP contribution in [0.1, 0.15) is 24.8 Å². The minimum absolute atomic E-state index is 0.0566. The van der Waals surface area contributed by atoms with Crippen LogP contribution in [0.5, 0.6) is 11.8 Å². The molecule has 0 atom stereocenters. The Balaban J connectivity index is 1.27. The molecule has 2 aliphatic rings. The van der Waals surface area contributed by atoms with Gasteiger partial charge in [0.25, 0.3) is 0 Å². The topological polar surface area (TPSA) is 84.9 Å². The van der Waals surface area contributed by atoms with Crippen LogP contribution in [0.3, 0.4) is 0 Å². The third-order valence-corrected chi connectivity index (χ3v) is 8.78. The second-order valence-corrected chi connectivity index (χ2v) is 12.1. The average Bonchev–Trinajstić information content (AvgIpc) is 3.38. The zero-order chi connectivity index (χ0) is 34.9. The number of halogens is 5. The van der Waals surface area contributed by atoms with Crippen LogP contribution in [0, 0.1) is 47.3 Å². The number of anilines is 2. The third-order valence-electron chi connectivity index (χ3n) is 8.78. The quantitative estimate of drug-likeness (QED) is 0.0805. The summed E-state index contributed by atoms with van der Waals surface area (Å²) in [6, 6.07) is 7.73. The Morgan fingerprint density at radius 3 is 2.50 bits per heavy atom. The number of hydrogen-bond acceptors (Lipinski definition) is 9. The Labute approximate surface area is 284 Å². The number of nitrogens with zero attached hydrogens (tertiary/aromatic N) is 5. The summed E-state index contributed by atoms with van der Waals surface area (Å²) in [5.74, 6) is -2.51. The molecular formula is C36H31F5N6O3. The monoisotopic (exact) mass is 690 g/mol. The van der Waals surface area contributed by atoms with Crippen molar-refractivity contribution >= 4 is 33.2 Å². The first-order chi connectivity index (χ1) is 24.2. The number of terminal acetylenes is 1. The van der Waals surface area contributed by atoms with Gasteiger partial charge in [0, 0.05) is 74.2 Å². The first-order valence-corrected chi connectivity index (χ1v) is 16.0. The lowest BCUT2D eigenvalue weighted by Crippen LogP contribution is -2.49. The van der Waals surface area contributed by atoms with Crippen LogP contribution in [-0.2, 0) is 4.74 Å². The molecule has 1 N–H and O–H groups in total. The van der Waals surface area contributed by atoms with E-state index in [2.05, 4.69) is 26.3 Å². The smallest absolute Gasteiger partial charge is 0.319 e. The minimum atomic E-state index is -1.52. The number of ether oxygens (including phenoxy) is 3. The molecule has 14 heteroatoms. The fraction of sp³-hybridized carbons (Fsp3) is 0.306. The maximum Gasteiger partial charge on any atom is 0.319 e. The Hall–Kier alpha value is -5.26. The molecule has 0 radical (unpaired) electrons. The highest BCUT2D eigenvalue weighted by atomic mass is 19.2. The second kappa shape index (κ2) is 13.9.